The van der Waals surface area contributed by atoms with E-state index in [2.05, 4.69) is 60.5 Å². The van der Waals surface area contributed by atoms with Crippen molar-refractivity contribution in [3.8, 4) is 5.88 Å². The van der Waals surface area contributed by atoms with Crippen LogP contribution in [0.5, 0.6) is 5.88 Å². The lowest BCUT2D eigenvalue weighted by Gasteiger charge is -2.16. The van der Waals surface area contributed by atoms with Crippen LogP contribution in [-0.4, -0.2) is 16.1 Å². The molecule has 0 aliphatic carbocycles. The number of aromatic nitrogens is 2. The van der Waals surface area contributed by atoms with E-state index in [-0.39, 0.29) is 6.10 Å². The summed E-state index contributed by atoms with van der Waals surface area (Å²) >= 11 is 3.39. The summed E-state index contributed by atoms with van der Waals surface area (Å²) in [6, 6.07) is 1.82. The summed E-state index contributed by atoms with van der Waals surface area (Å²) in [5, 5.41) is 0. The monoisotopic (exact) mass is 300 g/mol. The van der Waals surface area contributed by atoms with Crippen LogP contribution in [0.25, 0.3) is 0 Å². The van der Waals surface area contributed by atoms with Crippen molar-refractivity contribution in [2.45, 2.75) is 53.1 Å². The van der Waals surface area contributed by atoms with Crippen LogP contribution < -0.4 is 4.74 Å². The van der Waals surface area contributed by atoms with E-state index in [9.17, 15) is 0 Å². The third-order valence-electron chi connectivity index (χ3n) is 2.33. The number of halogens is 1. The van der Waals surface area contributed by atoms with Crippen molar-refractivity contribution in [2.24, 2.45) is 5.92 Å². The maximum Gasteiger partial charge on any atom is 0.217 e. The largest absolute Gasteiger partial charge is 0.475 e. The topological polar surface area (TPSA) is 35.0 Å². The van der Waals surface area contributed by atoms with Gasteiger partial charge in [-0.05, 0) is 35.2 Å². The number of ether oxygens (including phenoxy) is 1. The smallest absolute Gasteiger partial charge is 0.217 e. The van der Waals surface area contributed by atoms with Gasteiger partial charge in [-0.2, -0.15) is 4.98 Å². The van der Waals surface area contributed by atoms with Crippen molar-refractivity contribution in [1.29, 1.82) is 0 Å². The van der Waals surface area contributed by atoms with Gasteiger partial charge in [-0.3, -0.25) is 0 Å². The Morgan fingerprint density at radius 3 is 2.35 bits per heavy atom. The number of nitrogens with zero attached hydrogens (tertiary/aromatic N) is 2. The van der Waals surface area contributed by atoms with Gasteiger partial charge in [0.05, 0.1) is 6.10 Å². The van der Waals surface area contributed by atoms with E-state index in [1.807, 2.05) is 6.07 Å². The molecule has 1 atom stereocenters. The molecule has 3 nitrogen and oxygen atoms in total. The molecule has 0 aliphatic rings. The fourth-order valence-electron chi connectivity index (χ4n) is 1.65. The Kier molecular flexibility index (Phi) is 5.37. The first kappa shape index (κ1) is 14.4. The second-order valence-corrected chi connectivity index (χ2v) is 5.91. The van der Waals surface area contributed by atoms with Crippen LogP contribution in [0.4, 0.5) is 0 Å². The van der Waals surface area contributed by atoms with Gasteiger partial charge in [0.2, 0.25) is 5.88 Å². The molecule has 0 saturated heterocycles. The maximum absolute atomic E-state index is 5.82. The summed E-state index contributed by atoms with van der Waals surface area (Å²) in [6.45, 7) is 10.6. The summed E-state index contributed by atoms with van der Waals surface area (Å²) in [5.41, 5.74) is 0. The Labute approximate surface area is 112 Å². The molecule has 17 heavy (non-hydrogen) atoms. The minimum Gasteiger partial charge on any atom is -0.475 e. The van der Waals surface area contributed by atoms with Crippen molar-refractivity contribution >= 4 is 15.9 Å². The molecule has 0 fully saturated rings. The normalized spacial score (nSPS) is 13.2. The zero-order chi connectivity index (χ0) is 13.0. The van der Waals surface area contributed by atoms with Crippen LogP contribution in [0.1, 0.15) is 52.8 Å². The lowest BCUT2D eigenvalue weighted by molar-refractivity contribution is 0.184. The average molecular weight is 301 g/mol. The molecule has 0 aliphatic heterocycles. The molecular weight excluding hydrogens is 280 g/mol. The summed E-state index contributed by atoms with van der Waals surface area (Å²) < 4.78 is 6.60. The Morgan fingerprint density at radius 2 is 1.82 bits per heavy atom. The third-order valence-corrected chi connectivity index (χ3v) is 2.74. The first-order valence-corrected chi connectivity index (χ1v) is 6.89. The van der Waals surface area contributed by atoms with E-state index < -0.39 is 0 Å². The first-order chi connectivity index (χ1) is 7.88. The Balaban J connectivity index is 2.77. The quantitative estimate of drug-likeness (QED) is 0.765. The fourth-order valence-corrected chi connectivity index (χ4v) is 2.03. The zero-order valence-corrected chi connectivity index (χ0v) is 12.8. The lowest BCUT2D eigenvalue weighted by atomic mass is 10.1. The van der Waals surface area contributed by atoms with Gasteiger partial charge in [-0.1, -0.05) is 27.7 Å². The van der Waals surface area contributed by atoms with Gasteiger partial charge >= 0.3 is 0 Å². The summed E-state index contributed by atoms with van der Waals surface area (Å²) in [6.07, 6.45) is 1.20. The molecule has 0 N–H and O–H groups in total. The van der Waals surface area contributed by atoms with Gasteiger partial charge in [-0.15, -0.1) is 0 Å². The summed E-state index contributed by atoms with van der Waals surface area (Å²) in [4.78, 5) is 8.74. The number of hydrogen-bond donors (Lipinski definition) is 0. The van der Waals surface area contributed by atoms with Gasteiger partial charge in [0.1, 0.15) is 10.4 Å². The molecule has 1 unspecified atom stereocenters. The van der Waals surface area contributed by atoms with Crippen molar-refractivity contribution in [3.63, 3.8) is 0 Å². The van der Waals surface area contributed by atoms with Crippen LogP contribution in [-0.2, 0) is 0 Å². The van der Waals surface area contributed by atoms with Crippen molar-refractivity contribution in [1.82, 2.24) is 9.97 Å². The molecule has 96 valence electrons. The highest BCUT2D eigenvalue weighted by molar-refractivity contribution is 9.10. The fraction of sp³-hybridized carbons (Fsp3) is 0.692. The molecule has 0 radical (unpaired) electrons. The first-order valence-electron chi connectivity index (χ1n) is 6.09. The van der Waals surface area contributed by atoms with Crippen molar-refractivity contribution < 1.29 is 4.74 Å². The molecule has 0 aromatic carbocycles. The SMILES string of the molecule is CC(C)CC(C)Oc1cc(Br)nc(C(C)C)n1. The molecule has 0 bridgehead atoms. The van der Waals surface area contributed by atoms with E-state index in [4.69, 9.17) is 4.74 Å². The predicted octanol–water partition coefficient (Wildman–Crippen LogP) is 4.18. The standard InChI is InChI=1S/C13H21BrN2O/c1-8(2)6-10(5)17-12-7-11(14)15-13(16-12)9(3)4/h7-10H,6H2,1-5H3. The van der Waals surface area contributed by atoms with Gasteiger partial charge in [0.25, 0.3) is 0 Å². The predicted molar refractivity (Wildman–Crippen MR) is 73.4 cm³/mol. The molecule has 0 spiro atoms. The van der Waals surface area contributed by atoms with Crippen LogP contribution >= 0.6 is 15.9 Å². The molecule has 1 heterocycles. The highest BCUT2D eigenvalue weighted by Crippen LogP contribution is 2.20. The van der Waals surface area contributed by atoms with Crippen LogP contribution in [0.2, 0.25) is 0 Å². The van der Waals surface area contributed by atoms with Crippen LogP contribution in [0.3, 0.4) is 0 Å². The molecule has 0 saturated carbocycles. The Hall–Kier alpha value is -0.640. The second kappa shape index (κ2) is 6.34. The van der Waals surface area contributed by atoms with Gasteiger partial charge in [0.15, 0.2) is 0 Å². The van der Waals surface area contributed by atoms with Crippen molar-refractivity contribution in [2.75, 3.05) is 0 Å². The molecule has 1 aromatic heterocycles. The highest BCUT2D eigenvalue weighted by atomic mass is 79.9. The third kappa shape index (κ3) is 5.02. The van der Waals surface area contributed by atoms with Gasteiger partial charge < -0.3 is 4.74 Å². The second-order valence-electron chi connectivity index (χ2n) is 5.10. The van der Waals surface area contributed by atoms with Crippen molar-refractivity contribution in [3.05, 3.63) is 16.5 Å². The van der Waals surface area contributed by atoms with Gasteiger partial charge in [-0.25, -0.2) is 4.98 Å². The zero-order valence-electron chi connectivity index (χ0n) is 11.2. The molecule has 1 rings (SSSR count). The molecule has 1 aromatic rings. The van der Waals surface area contributed by atoms with E-state index in [0.717, 1.165) is 16.8 Å². The van der Waals surface area contributed by atoms with E-state index in [0.29, 0.717) is 17.7 Å². The summed E-state index contributed by atoms with van der Waals surface area (Å²) in [7, 11) is 0. The minimum atomic E-state index is 0.178. The van der Waals surface area contributed by atoms with Gasteiger partial charge in [0, 0.05) is 12.0 Å². The number of rotatable bonds is 5. The lowest BCUT2D eigenvalue weighted by Crippen LogP contribution is -2.16. The molecule has 4 heteroatoms. The van der Waals surface area contributed by atoms with E-state index >= 15 is 0 Å². The van der Waals surface area contributed by atoms with E-state index in [1.165, 1.54) is 0 Å². The minimum absolute atomic E-state index is 0.178. The van der Waals surface area contributed by atoms with E-state index in [1.54, 1.807) is 0 Å². The maximum atomic E-state index is 5.82. The summed E-state index contributed by atoms with van der Waals surface area (Å²) in [5.74, 6) is 2.39. The van der Waals surface area contributed by atoms with Crippen LogP contribution in [0, 0.1) is 5.92 Å². The van der Waals surface area contributed by atoms with Crippen LogP contribution in [0.15, 0.2) is 10.7 Å². The Bertz CT molecular complexity index is 366. The number of hydrogen-bond acceptors (Lipinski definition) is 3. The Morgan fingerprint density at radius 1 is 1.18 bits per heavy atom. The molecule has 0 amide bonds. The molecular formula is C13H21BrN2O. The average Bonchev–Trinajstić information content (AvgIpc) is 2.14. The highest BCUT2D eigenvalue weighted by Gasteiger charge is 2.11.